The first-order valence-corrected chi connectivity index (χ1v) is 6.57. The molecule has 2 heteroatoms. The highest BCUT2D eigenvalue weighted by Gasteiger charge is 2.46. The van der Waals surface area contributed by atoms with Crippen LogP contribution in [0.15, 0.2) is 54.6 Å². The maximum Gasteiger partial charge on any atom is 0.232 e. The van der Waals surface area contributed by atoms with Crippen molar-refractivity contribution in [2.75, 3.05) is 7.05 Å². The number of β-lactam (4-membered cyclic amide) rings is 1. The number of amides is 1. The van der Waals surface area contributed by atoms with Gasteiger partial charge in [0.15, 0.2) is 0 Å². The highest BCUT2D eigenvalue weighted by atomic mass is 16.2. The summed E-state index contributed by atoms with van der Waals surface area (Å²) in [6.45, 7) is 2.11. The summed E-state index contributed by atoms with van der Waals surface area (Å²) in [4.78, 5) is 14.0. The highest BCUT2D eigenvalue weighted by Crippen LogP contribution is 2.46. The zero-order valence-corrected chi connectivity index (χ0v) is 11.2. The molecule has 0 aliphatic carbocycles. The first-order valence-electron chi connectivity index (χ1n) is 6.57. The van der Waals surface area contributed by atoms with Gasteiger partial charge in [-0.15, -0.1) is 0 Å². The Morgan fingerprint density at radius 2 is 1.58 bits per heavy atom. The van der Waals surface area contributed by atoms with E-state index in [-0.39, 0.29) is 17.9 Å². The average Bonchev–Trinajstić information content (AvgIpc) is 2.46. The number of nitrogens with zero attached hydrogens (tertiary/aromatic N) is 1. The predicted octanol–water partition coefficient (Wildman–Crippen LogP) is 3.29. The minimum Gasteiger partial charge on any atom is -0.337 e. The molecule has 1 heterocycles. The molecule has 0 radical (unpaired) electrons. The second-order valence-electron chi connectivity index (χ2n) is 5.14. The third kappa shape index (κ3) is 1.84. The Morgan fingerprint density at radius 1 is 0.947 bits per heavy atom. The summed E-state index contributed by atoms with van der Waals surface area (Å²) in [6.07, 6.45) is 0. The number of rotatable bonds is 2. The fraction of sp³-hybridized carbons (Fsp3) is 0.235. The van der Waals surface area contributed by atoms with Crippen LogP contribution in [0.2, 0.25) is 0 Å². The van der Waals surface area contributed by atoms with Crippen molar-refractivity contribution >= 4 is 5.91 Å². The van der Waals surface area contributed by atoms with Crippen LogP contribution in [-0.2, 0) is 4.79 Å². The van der Waals surface area contributed by atoms with E-state index in [9.17, 15) is 4.79 Å². The molecule has 96 valence electrons. The average molecular weight is 251 g/mol. The van der Waals surface area contributed by atoms with E-state index in [2.05, 4.69) is 19.1 Å². The van der Waals surface area contributed by atoms with Gasteiger partial charge in [-0.1, -0.05) is 54.6 Å². The van der Waals surface area contributed by atoms with E-state index < -0.39 is 0 Å². The molecule has 1 saturated heterocycles. The van der Waals surface area contributed by atoms with Crippen LogP contribution in [0.3, 0.4) is 0 Å². The topological polar surface area (TPSA) is 20.3 Å². The maximum atomic E-state index is 12.2. The fourth-order valence-corrected chi connectivity index (χ4v) is 2.93. The lowest BCUT2D eigenvalue weighted by molar-refractivity contribution is -0.147. The van der Waals surface area contributed by atoms with Crippen molar-refractivity contribution < 1.29 is 4.79 Å². The van der Waals surface area contributed by atoms with Gasteiger partial charge in [0.2, 0.25) is 5.91 Å². The standard InChI is InChI=1S/C17H17NO/c1-12-8-6-7-11-14(12)16-15(17(19)18(16)2)13-9-4-3-5-10-13/h3-11,15-16H,1-2H3. The van der Waals surface area contributed by atoms with Crippen molar-refractivity contribution in [1.29, 1.82) is 0 Å². The van der Waals surface area contributed by atoms with Crippen molar-refractivity contribution in [2.24, 2.45) is 0 Å². The van der Waals surface area contributed by atoms with Crippen LogP contribution >= 0.6 is 0 Å². The van der Waals surface area contributed by atoms with Crippen LogP contribution in [0.1, 0.15) is 28.7 Å². The molecule has 2 aromatic rings. The lowest BCUT2D eigenvalue weighted by Crippen LogP contribution is -2.51. The summed E-state index contributed by atoms with van der Waals surface area (Å²) in [5.74, 6) is 0.173. The van der Waals surface area contributed by atoms with Gasteiger partial charge in [-0.3, -0.25) is 4.79 Å². The Bertz CT molecular complexity index is 606. The minimum absolute atomic E-state index is 0.0349. The summed E-state index contributed by atoms with van der Waals surface area (Å²) in [6, 6.07) is 18.5. The van der Waals surface area contributed by atoms with Crippen molar-refractivity contribution in [3.63, 3.8) is 0 Å². The summed E-state index contributed by atoms with van der Waals surface area (Å²) < 4.78 is 0. The molecule has 0 aromatic heterocycles. The number of hydrogen-bond donors (Lipinski definition) is 0. The first kappa shape index (κ1) is 12.0. The Hall–Kier alpha value is -2.09. The molecule has 1 aliphatic heterocycles. The van der Waals surface area contributed by atoms with E-state index in [1.165, 1.54) is 11.1 Å². The fourth-order valence-electron chi connectivity index (χ4n) is 2.93. The van der Waals surface area contributed by atoms with Crippen LogP contribution < -0.4 is 0 Å². The molecule has 0 bridgehead atoms. The Kier molecular flexibility index (Phi) is 2.86. The largest absolute Gasteiger partial charge is 0.337 e. The highest BCUT2D eigenvalue weighted by molar-refractivity contribution is 5.91. The second kappa shape index (κ2) is 4.54. The summed E-state index contributed by atoms with van der Waals surface area (Å²) in [5, 5.41) is 0. The van der Waals surface area contributed by atoms with E-state index in [1.54, 1.807) is 0 Å². The van der Waals surface area contributed by atoms with E-state index in [4.69, 9.17) is 0 Å². The number of carbonyl (C=O) groups is 1. The summed E-state index contributed by atoms with van der Waals surface area (Å²) in [7, 11) is 1.89. The number of likely N-dealkylation sites (N-methyl/N-ethyl adjacent to an activating group) is 1. The number of likely N-dealkylation sites (tertiary alicyclic amines) is 1. The van der Waals surface area contributed by atoms with Crippen LogP contribution in [0.4, 0.5) is 0 Å². The van der Waals surface area contributed by atoms with Gasteiger partial charge in [0.25, 0.3) is 0 Å². The third-order valence-electron chi connectivity index (χ3n) is 4.01. The molecular weight excluding hydrogens is 234 g/mol. The lowest BCUT2D eigenvalue weighted by Gasteiger charge is -2.46. The van der Waals surface area contributed by atoms with Gasteiger partial charge >= 0.3 is 0 Å². The molecule has 0 N–H and O–H groups in total. The minimum atomic E-state index is -0.0349. The maximum absolute atomic E-state index is 12.2. The molecular formula is C17H17NO. The monoisotopic (exact) mass is 251 g/mol. The van der Waals surface area contributed by atoms with Gasteiger partial charge in [0.05, 0.1) is 12.0 Å². The van der Waals surface area contributed by atoms with Crippen molar-refractivity contribution in [1.82, 2.24) is 4.90 Å². The molecule has 2 aromatic carbocycles. The molecule has 2 unspecified atom stereocenters. The smallest absolute Gasteiger partial charge is 0.232 e. The summed E-state index contributed by atoms with van der Waals surface area (Å²) >= 11 is 0. The van der Waals surface area contributed by atoms with E-state index >= 15 is 0 Å². The number of carbonyl (C=O) groups excluding carboxylic acids is 1. The molecule has 1 fully saturated rings. The molecule has 2 atom stereocenters. The van der Waals surface area contributed by atoms with E-state index in [0.29, 0.717) is 0 Å². The molecule has 1 aliphatic rings. The SMILES string of the molecule is Cc1ccccc1C1C(c2ccccc2)C(=O)N1C. The number of aryl methyl sites for hydroxylation is 1. The Labute approximate surface area is 113 Å². The Morgan fingerprint density at radius 3 is 2.26 bits per heavy atom. The quantitative estimate of drug-likeness (QED) is 0.750. The number of benzene rings is 2. The first-order chi connectivity index (χ1) is 9.20. The second-order valence-corrected chi connectivity index (χ2v) is 5.14. The van der Waals surface area contributed by atoms with E-state index in [1.807, 2.05) is 54.4 Å². The van der Waals surface area contributed by atoms with Gasteiger partial charge in [0, 0.05) is 7.05 Å². The van der Waals surface area contributed by atoms with Crippen LogP contribution in [0.25, 0.3) is 0 Å². The van der Waals surface area contributed by atoms with Gasteiger partial charge in [-0.2, -0.15) is 0 Å². The van der Waals surface area contributed by atoms with Crippen molar-refractivity contribution in [3.05, 3.63) is 71.3 Å². The summed E-state index contributed by atoms with van der Waals surface area (Å²) in [5.41, 5.74) is 3.60. The third-order valence-corrected chi connectivity index (χ3v) is 4.01. The van der Waals surface area contributed by atoms with Gasteiger partial charge < -0.3 is 4.90 Å². The van der Waals surface area contributed by atoms with Gasteiger partial charge in [0.1, 0.15) is 0 Å². The van der Waals surface area contributed by atoms with Gasteiger partial charge in [-0.25, -0.2) is 0 Å². The van der Waals surface area contributed by atoms with Crippen LogP contribution in [-0.4, -0.2) is 17.9 Å². The van der Waals surface area contributed by atoms with Crippen LogP contribution in [0, 0.1) is 6.92 Å². The van der Waals surface area contributed by atoms with E-state index in [0.717, 1.165) is 5.56 Å². The Balaban J connectivity index is 2.01. The predicted molar refractivity (Wildman–Crippen MR) is 75.9 cm³/mol. The van der Waals surface area contributed by atoms with Crippen molar-refractivity contribution in [3.8, 4) is 0 Å². The zero-order valence-electron chi connectivity index (χ0n) is 11.2. The molecule has 1 amide bonds. The van der Waals surface area contributed by atoms with Crippen molar-refractivity contribution in [2.45, 2.75) is 18.9 Å². The lowest BCUT2D eigenvalue weighted by atomic mass is 9.77. The molecule has 3 rings (SSSR count). The molecule has 0 spiro atoms. The van der Waals surface area contributed by atoms with Crippen LogP contribution in [0.5, 0.6) is 0 Å². The molecule has 0 saturated carbocycles. The molecule has 2 nitrogen and oxygen atoms in total. The normalized spacial score (nSPS) is 22.2. The van der Waals surface area contributed by atoms with Gasteiger partial charge in [-0.05, 0) is 23.6 Å². The zero-order chi connectivity index (χ0) is 13.4. The molecule has 19 heavy (non-hydrogen) atoms. The number of hydrogen-bond acceptors (Lipinski definition) is 1.